The average molecular weight is 545 g/mol. The van der Waals surface area contributed by atoms with Gasteiger partial charge >= 0.3 is 0 Å². The van der Waals surface area contributed by atoms with Gasteiger partial charge in [-0.2, -0.15) is 0 Å². The summed E-state index contributed by atoms with van der Waals surface area (Å²) >= 11 is 0. The highest BCUT2D eigenvalue weighted by Gasteiger charge is 2.37. The third-order valence-corrected chi connectivity index (χ3v) is 9.69. The Morgan fingerprint density at radius 2 is 0.878 bits per heavy atom. The zero-order valence-corrected chi connectivity index (χ0v) is 25.3. The molecule has 2 unspecified atom stereocenters. The van der Waals surface area contributed by atoms with E-state index in [-0.39, 0.29) is 5.41 Å². The van der Waals surface area contributed by atoms with Crippen LogP contribution in [0, 0.1) is 5.92 Å². The molecule has 1 aliphatic rings. The first-order valence-electron chi connectivity index (χ1n) is 15.8. The van der Waals surface area contributed by atoms with Crippen molar-refractivity contribution in [3.8, 4) is 0 Å². The van der Waals surface area contributed by atoms with E-state index in [1.165, 1.54) is 59.1 Å². The van der Waals surface area contributed by atoms with Crippen molar-refractivity contribution in [2.45, 2.75) is 89.4 Å². The Morgan fingerprint density at radius 1 is 0.561 bits per heavy atom. The summed E-state index contributed by atoms with van der Waals surface area (Å²) in [4.78, 5) is 0. The lowest BCUT2D eigenvalue weighted by Gasteiger charge is -2.41. The van der Waals surface area contributed by atoms with Gasteiger partial charge in [0.2, 0.25) is 0 Å². The Bertz CT molecular complexity index is 1260. The van der Waals surface area contributed by atoms with E-state index in [2.05, 4.69) is 93.6 Å². The zero-order chi connectivity index (χ0) is 28.8. The Hall–Kier alpha value is -3.52. The van der Waals surface area contributed by atoms with Gasteiger partial charge in [-0.15, -0.1) is 0 Å². The summed E-state index contributed by atoms with van der Waals surface area (Å²) in [6, 6.07) is 36.3. The zero-order valence-electron chi connectivity index (χ0n) is 25.3. The molecule has 5 rings (SSSR count). The van der Waals surface area contributed by atoms with Crippen LogP contribution in [0.25, 0.3) is 0 Å². The predicted octanol–water partition coefficient (Wildman–Crippen LogP) is 10.2. The molecule has 0 heterocycles. The van der Waals surface area contributed by atoms with Crippen LogP contribution in [0.15, 0.2) is 97.1 Å². The summed E-state index contributed by atoms with van der Waals surface area (Å²) in [5.74, 6) is 1.60. The van der Waals surface area contributed by atoms with Crippen LogP contribution in [0.4, 0.5) is 11.4 Å². The van der Waals surface area contributed by atoms with Crippen LogP contribution in [0.5, 0.6) is 0 Å². The van der Waals surface area contributed by atoms with Gasteiger partial charge in [-0.25, -0.2) is 0 Å². The fourth-order valence-electron chi connectivity index (χ4n) is 7.15. The largest absolute Gasteiger partial charge is 0.399 e. The normalized spacial score (nSPS) is 20.4. The number of hydrogen-bond acceptors (Lipinski definition) is 2. The Kier molecular flexibility index (Phi) is 9.18. The topological polar surface area (TPSA) is 52.0 Å². The maximum atomic E-state index is 5.99. The minimum absolute atomic E-state index is 0.0759. The van der Waals surface area contributed by atoms with E-state index >= 15 is 0 Å². The van der Waals surface area contributed by atoms with E-state index in [1.807, 2.05) is 24.3 Å². The molecule has 0 saturated heterocycles. The van der Waals surface area contributed by atoms with Crippen LogP contribution >= 0.6 is 0 Å². The minimum Gasteiger partial charge on any atom is -0.399 e. The molecule has 4 N–H and O–H groups in total. The molecule has 214 valence electrons. The number of hydrogen-bond donors (Lipinski definition) is 2. The summed E-state index contributed by atoms with van der Waals surface area (Å²) in [6.07, 6.45) is 9.55. The summed E-state index contributed by atoms with van der Waals surface area (Å²) < 4.78 is 0. The van der Waals surface area contributed by atoms with Crippen LogP contribution < -0.4 is 11.5 Å². The molecule has 41 heavy (non-hydrogen) atoms. The van der Waals surface area contributed by atoms with E-state index in [0.29, 0.717) is 11.8 Å². The molecule has 0 aromatic heterocycles. The molecule has 4 aromatic rings. The highest BCUT2D eigenvalue weighted by Crippen LogP contribution is 2.47. The second kappa shape index (κ2) is 13.0. The second-order valence-electron chi connectivity index (χ2n) is 12.5. The first kappa shape index (κ1) is 29.0. The third kappa shape index (κ3) is 6.38. The number of nitrogen functional groups attached to an aromatic ring is 2. The van der Waals surface area contributed by atoms with Crippen LogP contribution in [0.1, 0.15) is 117 Å². The van der Waals surface area contributed by atoms with Gasteiger partial charge in [-0.3, -0.25) is 0 Å². The maximum Gasteiger partial charge on any atom is 0.0314 e. The molecule has 1 fully saturated rings. The average Bonchev–Trinajstić information content (AvgIpc) is 3.01. The smallest absolute Gasteiger partial charge is 0.0314 e. The van der Waals surface area contributed by atoms with Gasteiger partial charge in [0.1, 0.15) is 0 Å². The Morgan fingerprint density at radius 3 is 1.20 bits per heavy atom. The molecule has 2 nitrogen and oxygen atoms in total. The summed E-state index contributed by atoms with van der Waals surface area (Å²) in [6.45, 7) is 6.97. The van der Waals surface area contributed by atoms with Gasteiger partial charge in [0.25, 0.3) is 0 Å². The van der Waals surface area contributed by atoms with E-state index in [4.69, 9.17) is 11.5 Å². The van der Waals surface area contributed by atoms with Gasteiger partial charge in [-0.1, -0.05) is 106 Å². The standard InChI is InChI=1S/C39H48N2/c1-4-6-37(31-12-20-35(40)21-13-31)29-8-16-33(17-9-29)39(26-24-28(3)25-27-39)34-18-10-30(11-19-34)38(7-5-2)32-14-22-36(41)23-15-32/h8-23,28,37-38H,4-7,24-27,40-41H2,1-3H3. The first-order valence-corrected chi connectivity index (χ1v) is 15.8. The van der Waals surface area contributed by atoms with Crippen LogP contribution in [0.2, 0.25) is 0 Å². The fourth-order valence-corrected chi connectivity index (χ4v) is 7.15. The van der Waals surface area contributed by atoms with Crippen molar-refractivity contribution in [3.05, 3.63) is 130 Å². The van der Waals surface area contributed by atoms with Crippen molar-refractivity contribution in [1.82, 2.24) is 0 Å². The van der Waals surface area contributed by atoms with E-state index in [9.17, 15) is 0 Å². The van der Waals surface area contributed by atoms with Gasteiger partial charge in [0.05, 0.1) is 0 Å². The molecule has 0 aliphatic heterocycles. The van der Waals surface area contributed by atoms with E-state index < -0.39 is 0 Å². The van der Waals surface area contributed by atoms with Crippen molar-refractivity contribution in [2.75, 3.05) is 11.5 Å². The van der Waals surface area contributed by atoms with Crippen LogP contribution in [0.3, 0.4) is 0 Å². The number of rotatable bonds is 10. The number of nitrogens with two attached hydrogens (primary N) is 2. The van der Waals surface area contributed by atoms with Gasteiger partial charge in [-0.05, 0) is 102 Å². The Balaban J connectivity index is 1.47. The van der Waals surface area contributed by atoms with Crippen molar-refractivity contribution in [3.63, 3.8) is 0 Å². The van der Waals surface area contributed by atoms with Crippen LogP contribution in [-0.4, -0.2) is 0 Å². The molecule has 0 radical (unpaired) electrons. The van der Waals surface area contributed by atoms with E-state index in [0.717, 1.165) is 43.0 Å². The SMILES string of the molecule is CCCC(c1ccc(N)cc1)c1ccc(C2(c3ccc(C(CCC)c4ccc(N)cc4)cc3)CCC(C)CC2)cc1. The van der Waals surface area contributed by atoms with Crippen LogP contribution in [-0.2, 0) is 5.41 Å². The van der Waals surface area contributed by atoms with Crippen molar-refractivity contribution in [2.24, 2.45) is 5.92 Å². The number of anilines is 2. The molecule has 0 spiro atoms. The lowest BCUT2D eigenvalue weighted by Crippen LogP contribution is -2.32. The second-order valence-corrected chi connectivity index (χ2v) is 12.5. The van der Waals surface area contributed by atoms with Crippen molar-refractivity contribution < 1.29 is 0 Å². The quantitative estimate of drug-likeness (QED) is 0.195. The summed E-state index contributed by atoms with van der Waals surface area (Å²) in [5, 5.41) is 0. The molecular formula is C39H48N2. The molecule has 1 saturated carbocycles. The van der Waals surface area contributed by atoms with Gasteiger partial charge in [0.15, 0.2) is 0 Å². The highest BCUT2D eigenvalue weighted by atomic mass is 14.5. The molecule has 2 heteroatoms. The molecule has 0 amide bonds. The van der Waals surface area contributed by atoms with Crippen molar-refractivity contribution >= 4 is 11.4 Å². The molecule has 4 aromatic carbocycles. The summed E-state index contributed by atoms with van der Waals surface area (Å²) in [5.41, 5.74) is 22.2. The summed E-state index contributed by atoms with van der Waals surface area (Å²) in [7, 11) is 0. The van der Waals surface area contributed by atoms with E-state index in [1.54, 1.807) is 0 Å². The van der Waals surface area contributed by atoms with Gasteiger partial charge in [0, 0.05) is 28.6 Å². The highest BCUT2D eigenvalue weighted by molar-refractivity contribution is 5.47. The fraction of sp³-hybridized carbons (Fsp3) is 0.385. The number of benzene rings is 4. The lowest BCUT2D eigenvalue weighted by molar-refractivity contribution is 0.280. The van der Waals surface area contributed by atoms with Crippen molar-refractivity contribution in [1.29, 1.82) is 0 Å². The molecule has 2 atom stereocenters. The maximum absolute atomic E-state index is 5.99. The molecular weight excluding hydrogens is 496 g/mol. The van der Waals surface area contributed by atoms with Gasteiger partial charge < -0.3 is 11.5 Å². The first-order chi connectivity index (χ1) is 19.9. The third-order valence-electron chi connectivity index (χ3n) is 9.69. The predicted molar refractivity (Wildman–Crippen MR) is 177 cm³/mol. The Labute approximate surface area is 248 Å². The minimum atomic E-state index is 0.0759. The lowest BCUT2D eigenvalue weighted by atomic mass is 9.63. The molecule has 1 aliphatic carbocycles. The monoisotopic (exact) mass is 544 g/mol. The molecule has 0 bridgehead atoms.